The van der Waals surface area contributed by atoms with Gasteiger partial charge in [0.25, 0.3) is 0 Å². The number of piperidine rings is 1. The Morgan fingerprint density at radius 2 is 1.80 bits per heavy atom. The minimum absolute atomic E-state index is 0.136. The second kappa shape index (κ2) is 11.3. The lowest BCUT2D eigenvalue weighted by atomic mass is 10.1. The van der Waals surface area contributed by atoms with Crippen LogP contribution in [0.4, 0.5) is 31.0 Å². The number of urea groups is 1. The van der Waals surface area contributed by atoms with Gasteiger partial charge in [-0.25, -0.2) is 32.1 Å². The van der Waals surface area contributed by atoms with Gasteiger partial charge in [-0.2, -0.15) is 4.98 Å². The number of hydrogen-bond donors (Lipinski definition) is 2. The van der Waals surface area contributed by atoms with E-state index in [2.05, 4.69) is 20.3 Å². The highest BCUT2D eigenvalue weighted by Crippen LogP contribution is 2.34. The Morgan fingerprint density at radius 1 is 1.07 bits per heavy atom. The second-order valence-electron chi connectivity index (χ2n) is 10.7. The van der Waals surface area contributed by atoms with E-state index in [9.17, 15) is 22.0 Å². The number of rotatable bonds is 7. The summed E-state index contributed by atoms with van der Waals surface area (Å²) in [6, 6.07) is 7.32. The minimum Gasteiger partial charge on any atom is -0.350 e. The number of aromatic nitrogens is 3. The number of primary sulfonamides is 1. The molecule has 2 aromatic heterocycles. The zero-order valence-corrected chi connectivity index (χ0v) is 23.7. The number of anilines is 3. The van der Waals surface area contributed by atoms with E-state index in [4.69, 9.17) is 5.14 Å². The Morgan fingerprint density at radius 3 is 2.41 bits per heavy atom. The normalized spacial score (nSPS) is 20.7. The fourth-order valence-corrected chi connectivity index (χ4v) is 6.34. The molecule has 0 spiro atoms. The van der Waals surface area contributed by atoms with Gasteiger partial charge in [-0.05, 0) is 50.7 Å². The Hall–Kier alpha value is -3.75. The first-order valence-electron chi connectivity index (χ1n) is 13.2. The molecule has 0 saturated carbocycles. The molecule has 4 heterocycles. The molecular weight excluding hydrogens is 554 g/mol. The summed E-state index contributed by atoms with van der Waals surface area (Å²) in [6.07, 6.45) is 2.46. The first kappa shape index (κ1) is 28.8. The van der Waals surface area contributed by atoms with E-state index in [1.807, 2.05) is 25.8 Å². The second-order valence-corrected chi connectivity index (χ2v) is 12.4. The monoisotopic (exact) mass is 586 g/mol. The molecule has 2 amide bonds. The molecule has 1 fully saturated rings. The Bertz CT molecular complexity index is 1510. The summed E-state index contributed by atoms with van der Waals surface area (Å²) >= 11 is 0. The number of pyridine rings is 1. The number of halogens is 2. The molecule has 14 heteroatoms. The maximum atomic E-state index is 14.1. The van der Waals surface area contributed by atoms with Crippen LogP contribution in [0.2, 0.25) is 0 Å². The van der Waals surface area contributed by atoms with E-state index in [0.29, 0.717) is 42.5 Å². The molecule has 1 saturated heterocycles. The lowest BCUT2D eigenvalue weighted by Crippen LogP contribution is -2.51. The van der Waals surface area contributed by atoms with Gasteiger partial charge in [0.1, 0.15) is 23.1 Å². The number of likely N-dealkylation sites (N-methyl/N-ethyl adjacent to an activating group) is 1. The lowest BCUT2D eigenvalue weighted by molar-refractivity contribution is 0.153. The van der Waals surface area contributed by atoms with Crippen LogP contribution in [-0.2, 0) is 16.6 Å². The molecular formula is C27H32F2N8O3S. The molecule has 1 unspecified atom stereocenters. The number of alkyl halides is 1. The fourth-order valence-electron chi connectivity index (χ4n) is 5.33. The summed E-state index contributed by atoms with van der Waals surface area (Å²) < 4.78 is 52.4. The molecule has 11 nitrogen and oxygen atoms in total. The van der Waals surface area contributed by atoms with Crippen molar-refractivity contribution in [1.82, 2.24) is 19.9 Å². The van der Waals surface area contributed by atoms with Crippen LogP contribution in [0.15, 0.2) is 48.8 Å². The Labute approximate surface area is 237 Å². The van der Waals surface area contributed by atoms with Crippen molar-refractivity contribution in [2.75, 3.05) is 35.3 Å². The Balaban J connectivity index is 1.41. The maximum Gasteiger partial charge on any atom is 0.330 e. The van der Waals surface area contributed by atoms with Crippen LogP contribution >= 0.6 is 0 Å². The van der Waals surface area contributed by atoms with Crippen molar-refractivity contribution in [2.24, 2.45) is 5.14 Å². The molecule has 0 aliphatic carbocycles. The van der Waals surface area contributed by atoms with E-state index in [0.717, 1.165) is 12.1 Å². The van der Waals surface area contributed by atoms with Gasteiger partial charge in [-0.15, -0.1) is 0 Å². The quantitative estimate of drug-likeness (QED) is 0.431. The van der Waals surface area contributed by atoms with Crippen molar-refractivity contribution in [3.63, 3.8) is 0 Å². The molecule has 3 aromatic rings. The number of carbonyl (C=O) groups excluding carboxylic acids is 1. The summed E-state index contributed by atoms with van der Waals surface area (Å²) in [5, 5.41) is 7.40. The van der Waals surface area contributed by atoms with Crippen molar-refractivity contribution in [1.29, 1.82) is 0 Å². The first-order valence-corrected chi connectivity index (χ1v) is 14.8. The molecule has 5 rings (SSSR count). The Kier molecular flexibility index (Phi) is 7.90. The number of hydrogen-bond acceptors (Lipinski definition) is 8. The van der Waals surface area contributed by atoms with Crippen LogP contribution in [0.1, 0.15) is 42.3 Å². The number of nitrogens with one attached hydrogen (secondary N) is 1. The first-order chi connectivity index (χ1) is 19.4. The predicted octanol–water partition coefficient (Wildman–Crippen LogP) is 3.20. The smallest absolute Gasteiger partial charge is 0.330 e. The number of fused-ring (bicyclic) bond motifs is 1. The van der Waals surface area contributed by atoms with Crippen molar-refractivity contribution < 1.29 is 22.0 Å². The third-order valence-corrected chi connectivity index (χ3v) is 8.29. The van der Waals surface area contributed by atoms with Crippen molar-refractivity contribution >= 4 is 33.5 Å². The number of nitrogens with two attached hydrogens (primary N) is 1. The minimum atomic E-state index is -4.13. The van der Waals surface area contributed by atoms with Gasteiger partial charge in [0.15, 0.2) is 0 Å². The van der Waals surface area contributed by atoms with E-state index < -0.39 is 27.3 Å². The topological polar surface area (TPSA) is 138 Å². The largest absolute Gasteiger partial charge is 0.350 e. The van der Waals surface area contributed by atoms with Crippen LogP contribution in [0.25, 0.3) is 0 Å². The molecule has 2 aliphatic heterocycles. The summed E-state index contributed by atoms with van der Waals surface area (Å²) in [7, 11) is -2.27. The van der Waals surface area contributed by atoms with Gasteiger partial charge in [0.2, 0.25) is 16.0 Å². The van der Waals surface area contributed by atoms with E-state index in [1.54, 1.807) is 17.2 Å². The summed E-state index contributed by atoms with van der Waals surface area (Å²) in [6.45, 7) is 4.93. The average molecular weight is 587 g/mol. The van der Waals surface area contributed by atoms with E-state index in [-0.39, 0.29) is 35.9 Å². The molecule has 2 aliphatic rings. The summed E-state index contributed by atoms with van der Waals surface area (Å²) in [4.78, 5) is 32.1. The number of amides is 2. The fraction of sp³-hybridized carbons (Fsp3) is 0.407. The molecule has 3 atom stereocenters. The van der Waals surface area contributed by atoms with E-state index >= 15 is 0 Å². The highest BCUT2D eigenvalue weighted by atomic mass is 32.2. The summed E-state index contributed by atoms with van der Waals surface area (Å²) in [5.74, 6) is 0.282. The third kappa shape index (κ3) is 6.14. The number of sulfonamides is 1. The van der Waals surface area contributed by atoms with Gasteiger partial charge in [0, 0.05) is 43.4 Å². The van der Waals surface area contributed by atoms with Crippen molar-refractivity contribution in [3.8, 4) is 0 Å². The highest BCUT2D eigenvalue weighted by Gasteiger charge is 2.36. The van der Waals surface area contributed by atoms with Gasteiger partial charge in [0.05, 0.1) is 24.1 Å². The molecule has 0 bridgehead atoms. The number of likely N-dealkylation sites (tertiary alicyclic amines) is 1. The molecule has 3 N–H and O–H groups in total. The van der Waals surface area contributed by atoms with Crippen LogP contribution < -0.4 is 20.3 Å². The van der Waals surface area contributed by atoms with Crippen molar-refractivity contribution in [3.05, 3.63) is 71.4 Å². The molecule has 218 valence electrons. The maximum absolute atomic E-state index is 14.1. The number of carbonyl (C=O) groups is 1. The number of benzene rings is 1. The van der Waals surface area contributed by atoms with Crippen LogP contribution in [0.5, 0.6) is 0 Å². The highest BCUT2D eigenvalue weighted by molar-refractivity contribution is 7.89. The van der Waals surface area contributed by atoms with Gasteiger partial charge in [-0.1, -0.05) is 12.1 Å². The third-order valence-electron chi connectivity index (χ3n) is 7.12. The zero-order chi connectivity index (χ0) is 29.5. The van der Waals surface area contributed by atoms with Crippen LogP contribution in [0, 0.1) is 5.82 Å². The van der Waals surface area contributed by atoms with Gasteiger partial charge in [-0.3, -0.25) is 14.8 Å². The van der Waals surface area contributed by atoms with Gasteiger partial charge < -0.3 is 10.2 Å². The van der Waals surface area contributed by atoms with Crippen LogP contribution in [0.3, 0.4) is 0 Å². The standard InChI is InChI=1S/C27H32F2N8O3S/c1-16(2)37-25-18(11-32-26(34-25)33-21-10-20(29)14-35(3)15-21)13-36(27(37)38)22-8-9-23(31-12-22)24(41(30,39)40)17-4-6-19(28)7-5-17/h4-9,11-12,16,20-21,24H,10,13-15H2,1-3H3,(H2,30,39,40)(H,32,33,34)/t20-,21-,24?/m0/s1. The average Bonchev–Trinajstić information content (AvgIpc) is 2.88. The van der Waals surface area contributed by atoms with Crippen LogP contribution in [-0.4, -0.2) is 72.7 Å². The SMILES string of the molecule is CC(C)N1C(=O)N(c2ccc(C(c3ccc(F)cc3)S(N)(=O)=O)nc2)Cc2cnc(N[C@H]3C[C@H](F)CN(C)C3)nc21. The lowest BCUT2D eigenvalue weighted by Gasteiger charge is -2.38. The molecule has 1 aromatic carbocycles. The zero-order valence-electron chi connectivity index (χ0n) is 22.9. The van der Waals surface area contributed by atoms with Crippen molar-refractivity contribution in [2.45, 2.75) is 50.3 Å². The summed E-state index contributed by atoms with van der Waals surface area (Å²) in [5.41, 5.74) is 1.54. The molecule has 41 heavy (non-hydrogen) atoms. The molecule has 0 radical (unpaired) electrons. The van der Waals surface area contributed by atoms with E-state index in [1.165, 1.54) is 29.3 Å². The number of nitrogens with zero attached hydrogens (tertiary/aromatic N) is 6. The predicted molar refractivity (Wildman–Crippen MR) is 151 cm³/mol. The van der Waals surface area contributed by atoms with Gasteiger partial charge >= 0.3 is 6.03 Å².